The molecule has 3 N–H and O–H groups in total. The summed E-state index contributed by atoms with van der Waals surface area (Å²) in [4.78, 5) is 16.7. The van der Waals surface area contributed by atoms with Gasteiger partial charge in [0.25, 0.3) is 5.91 Å². The van der Waals surface area contributed by atoms with E-state index < -0.39 is 15.9 Å². The lowest BCUT2D eigenvalue weighted by atomic mass is 10.3. The molecule has 2 heterocycles. The molecule has 1 saturated carbocycles. The van der Waals surface area contributed by atoms with Gasteiger partial charge in [0.05, 0.1) is 10.6 Å². The van der Waals surface area contributed by atoms with Gasteiger partial charge in [-0.2, -0.15) is 0 Å². The van der Waals surface area contributed by atoms with Gasteiger partial charge in [-0.15, -0.1) is 11.3 Å². The molecular formula is C18H18N4O4S2. The first-order valence-corrected chi connectivity index (χ1v) is 11.0. The van der Waals surface area contributed by atoms with Crippen LogP contribution in [-0.2, 0) is 10.0 Å². The average Bonchev–Trinajstić information content (AvgIpc) is 3.16. The molecule has 3 aromatic rings. The van der Waals surface area contributed by atoms with Gasteiger partial charge in [0.15, 0.2) is 10.8 Å². The summed E-state index contributed by atoms with van der Waals surface area (Å²) in [7, 11) is -3.49. The van der Waals surface area contributed by atoms with Crippen molar-refractivity contribution >= 4 is 33.0 Å². The number of benzene rings is 1. The molecule has 1 aliphatic rings. The fourth-order valence-corrected chi connectivity index (χ4v) is 4.50. The van der Waals surface area contributed by atoms with Crippen molar-refractivity contribution in [3.8, 4) is 10.8 Å². The lowest BCUT2D eigenvalue weighted by Gasteiger charge is -2.09. The topological polar surface area (TPSA) is 113 Å². The van der Waals surface area contributed by atoms with Crippen LogP contribution in [-0.4, -0.2) is 25.4 Å². The number of thiazole rings is 1. The first-order valence-electron chi connectivity index (χ1n) is 8.62. The molecule has 4 rings (SSSR count). The summed E-state index contributed by atoms with van der Waals surface area (Å²) in [6.07, 6.45) is 1.76. The van der Waals surface area contributed by atoms with Crippen LogP contribution in [0.1, 0.15) is 29.1 Å². The molecule has 1 aromatic carbocycles. The molecule has 1 amide bonds. The van der Waals surface area contributed by atoms with Crippen molar-refractivity contribution < 1.29 is 17.6 Å². The molecular weight excluding hydrogens is 400 g/mol. The number of hydrogen-bond donors (Lipinski definition) is 3. The lowest BCUT2D eigenvalue weighted by Crippen LogP contribution is -2.29. The van der Waals surface area contributed by atoms with Gasteiger partial charge in [-0.05, 0) is 56.2 Å². The molecule has 0 saturated heterocycles. The highest BCUT2D eigenvalue weighted by Gasteiger charge is 2.27. The number of hydrazine groups is 1. The number of furan rings is 1. The van der Waals surface area contributed by atoms with Gasteiger partial charge >= 0.3 is 0 Å². The minimum absolute atomic E-state index is 0.0511. The Morgan fingerprint density at radius 3 is 2.57 bits per heavy atom. The van der Waals surface area contributed by atoms with Crippen LogP contribution in [0.5, 0.6) is 0 Å². The molecule has 1 aliphatic carbocycles. The quantitative estimate of drug-likeness (QED) is 0.509. The molecule has 28 heavy (non-hydrogen) atoms. The van der Waals surface area contributed by atoms with Gasteiger partial charge in [0, 0.05) is 11.4 Å². The standard InChI is InChI=1S/C18H18N4O4S2/c1-11-2-9-16(26-11)18-19-15(10-27-18)17(23)21-20-12-5-7-14(8-6-12)28(24,25)22-13-3-4-13/h2,5-10,13,20,22H,3-4H2,1H3,(H,21,23). The van der Waals surface area contributed by atoms with E-state index in [0.29, 0.717) is 16.5 Å². The van der Waals surface area contributed by atoms with Gasteiger partial charge in [0.1, 0.15) is 11.5 Å². The second-order valence-corrected chi connectivity index (χ2v) is 9.02. The van der Waals surface area contributed by atoms with Crippen LogP contribution in [0.4, 0.5) is 5.69 Å². The number of carbonyl (C=O) groups is 1. The van der Waals surface area contributed by atoms with Crippen molar-refractivity contribution in [1.82, 2.24) is 15.1 Å². The molecule has 1 fully saturated rings. The number of carbonyl (C=O) groups excluding carboxylic acids is 1. The van der Waals surface area contributed by atoms with E-state index in [-0.39, 0.29) is 16.6 Å². The van der Waals surface area contributed by atoms with E-state index in [0.717, 1.165) is 18.6 Å². The SMILES string of the molecule is Cc1ccc(-c2nc(C(=O)NNc3ccc(S(=O)(=O)NC4CC4)cc3)cs2)o1. The van der Waals surface area contributed by atoms with Gasteiger partial charge < -0.3 is 4.42 Å². The zero-order valence-electron chi connectivity index (χ0n) is 14.9. The Bertz CT molecular complexity index is 1100. The molecule has 0 unspecified atom stereocenters. The highest BCUT2D eigenvalue weighted by atomic mass is 32.2. The summed E-state index contributed by atoms with van der Waals surface area (Å²) >= 11 is 1.31. The van der Waals surface area contributed by atoms with E-state index >= 15 is 0 Å². The third-order valence-corrected chi connectivity index (χ3v) is 6.47. The number of nitrogens with one attached hydrogen (secondary N) is 3. The van der Waals surface area contributed by atoms with Crippen molar-refractivity contribution in [3.05, 3.63) is 53.2 Å². The number of amides is 1. The molecule has 8 nitrogen and oxygen atoms in total. The van der Waals surface area contributed by atoms with E-state index in [1.54, 1.807) is 17.5 Å². The van der Waals surface area contributed by atoms with Crippen LogP contribution >= 0.6 is 11.3 Å². The maximum absolute atomic E-state index is 12.3. The van der Waals surface area contributed by atoms with Crippen molar-refractivity contribution in [1.29, 1.82) is 0 Å². The van der Waals surface area contributed by atoms with Crippen molar-refractivity contribution in [2.45, 2.75) is 30.7 Å². The van der Waals surface area contributed by atoms with E-state index in [4.69, 9.17) is 4.42 Å². The minimum atomic E-state index is -3.49. The molecule has 146 valence electrons. The summed E-state index contributed by atoms with van der Waals surface area (Å²) in [5, 5.41) is 2.26. The summed E-state index contributed by atoms with van der Waals surface area (Å²) in [6, 6.07) is 9.83. The van der Waals surface area contributed by atoms with E-state index in [1.165, 1.54) is 23.5 Å². The van der Waals surface area contributed by atoms with E-state index in [2.05, 4.69) is 20.6 Å². The molecule has 0 radical (unpaired) electrons. The van der Waals surface area contributed by atoms with E-state index in [9.17, 15) is 13.2 Å². The highest BCUT2D eigenvalue weighted by molar-refractivity contribution is 7.89. The van der Waals surface area contributed by atoms with Crippen LogP contribution in [0.2, 0.25) is 0 Å². The Hall–Kier alpha value is -2.69. The maximum atomic E-state index is 12.3. The number of nitrogens with zero attached hydrogens (tertiary/aromatic N) is 1. The molecule has 0 aliphatic heterocycles. The molecule has 2 aromatic heterocycles. The zero-order chi connectivity index (χ0) is 19.7. The van der Waals surface area contributed by atoms with Gasteiger partial charge in [0.2, 0.25) is 10.0 Å². The third kappa shape index (κ3) is 4.24. The van der Waals surface area contributed by atoms with Crippen molar-refractivity contribution in [3.63, 3.8) is 0 Å². The number of rotatable bonds is 7. The first kappa shape index (κ1) is 18.7. The van der Waals surface area contributed by atoms with Crippen LogP contribution in [0, 0.1) is 6.92 Å². The zero-order valence-corrected chi connectivity index (χ0v) is 16.6. The van der Waals surface area contributed by atoms with Crippen LogP contribution in [0.25, 0.3) is 10.8 Å². The summed E-state index contributed by atoms with van der Waals surface area (Å²) < 4.78 is 32.4. The summed E-state index contributed by atoms with van der Waals surface area (Å²) in [5.41, 5.74) is 6.11. The molecule has 0 atom stereocenters. The second kappa shape index (κ2) is 7.38. The summed E-state index contributed by atoms with van der Waals surface area (Å²) in [5.74, 6) is 0.986. The van der Waals surface area contributed by atoms with E-state index in [1.807, 2.05) is 19.1 Å². The maximum Gasteiger partial charge on any atom is 0.289 e. The smallest absolute Gasteiger partial charge is 0.289 e. The lowest BCUT2D eigenvalue weighted by molar-refractivity contribution is 0.0958. The fraction of sp³-hybridized carbons (Fsp3) is 0.222. The minimum Gasteiger partial charge on any atom is -0.459 e. The number of sulfonamides is 1. The molecule has 10 heteroatoms. The number of hydrogen-bond acceptors (Lipinski definition) is 7. The van der Waals surface area contributed by atoms with Crippen molar-refractivity contribution in [2.24, 2.45) is 0 Å². The normalized spacial score (nSPS) is 14.0. The summed E-state index contributed by atoms with van der Waals surface area (Å²) in [6.45, 7) is 1.84. The average molecular weight is 419 g/mol. The Morgan fingerprint density at radius 1 is 1.18 bits per heavy atom. The van der Waals surface area contributed by atoms with Crippen LogP contribution in [0.15, 0.2) is 51.1 Å². The Balaban J connectivity index is 1.36. The third-order valence-electron chi connectivity index (χ3n) is 4.07. The predicted octanol–water partition coefficient (Wildman–Crippen LogP) is 2.91. The van der Waals surface area contributed by atoms with Gasteiger partial charge in [-0.25, -0.2) is 18.1 Å². The second-order valence-electron chi connectivity index (χ2n) is 6.45. The predicted molar refractivity (Wildman–Crippen MR) is 105 cm³/mol. The molecule has 0 spiro atoms. The first-order chi connectivity index (χ1) is 13.4. The van der Waals surface area contributed by atoms with Crippen LogP contribution < -0.4 is 15.6 Å². The number of aromatic nitrogens is 1. The number of aryl methyl sites for hydroxylation is 1. The monoisotopic (exact) mass is 418 g/mol. The Kier molecular flexibility index (Phi) is 4.92. The Morgan fingerprint density at radius 2 is 1.93 bits per heavy atom. The highest BCUT2D eigenvalue weighted by Crippen LogP contribution is 2.25. The Labute approximate surface area is 166 Å². The molecule has 0 bridgehead atoms. The van der Waals surface area contributed by atoms with Crippen molar-refractivity contribution in [2.75, 3.05) is 5.43 Å². The van der Waals surface area contributed by atoms with Gasteiger partial charge in [-0.3, -0.25) is 15.6 Å². The van der Waals surface area contributed by atoms with Gasteiger partial charge in [-0.1, -0.05) is 0 Å². The fourth-order valence-electron chi connectivity index (χ4n) is 2.44. The largest absolute Gasteiger partial charge is 0.459 e. The number of anilines is 1. The van der Waals surface area contributed by atoms with Crippen LogP contribution in [0.3, 0.4) is 0 Å².